The molecule has 0 aliphatic heterocycles. The second-order valence-corrected chi connectivity index (χ2v) is 9.96. The molecule has 0 saturated heterocycles. The fourth-order valence-electron chi connectivity index (χ4n) is 3.32. The summed E-state index contributed by atoms with van der Waals surface area (Å²) in [6.45, 7) is 13.4. The summed E-state index contributed by atoms with van der Waals surface area (Å²) in [5, 5.41) is 0. The van der Waals surface area contributed by atoms with Crippen LogP contribution in [0.4, 0.5) is 0 Å². The number of phosphoric ester groups is 1. The van der Waals surface area contributed by atoms with Gasteiger partial charge in [-0.3, -0.25) is 0 Å². The molecule has 3 unspecified atom stereocenters. The van der Waals surface area contributed by atoms with Gasteiger partial charge in [0.25, 0.3) is 0 Å². The first-order chi connectivity index (χ1) is 11.5. The molecule has 0 saturated carbocycles. The molecule has 27 heavy (non-hydrogen) atoms. The molecule has 0 aromatic rings. The molecule has 0 rings (SSSR count). The molecule has 152 valence electrons. The summed E-state index contributed by atoms with van der Waals surface area (Å²) in [6, 6.07) is 0. The van der Waals surface area contributed by atoms with Gasteiger partial charge in [-0.15, -0.1) is 0 Å². The second kappa shape index (κ2) is 20.0. The maximum absolute atomic E-state index is 10.9. The molecular weight excluding hydrogens is 413 g/mol. The van der Waals surface area contributed by atoms with Crippen LogP contribution in [0.3, 0.4) is 0 Å². The number of hydrogen-bond acceptors (Lipinski definition) is 4. The Balaban J connectivity index is -0.00000288. The molecule has 0 spiro atoms. The Morgan fingerprint density at radius 1 is 0.741 bits per heavy atom. The van der Waals surface area contributed by atoms with Crippen molar-refractivity contribution >= 4 is 7.82 Å². The van der Waals surface area contributed by atoms with Crippen molar-refractivity contribution in [2.75, 3.05) is 6.61 Å². The van der Waals surface area contributed by atoms with E-state index in [2.05, 4.69) is 46.1 Å². The first-order valence-corrected chi connectivity index (χ1v) is 11.6. The van der Waals surface area contributed by atoms with E-state index in [0.717, 1.165) is 31.6 Å². The molecule has 7 heteroatoms. The van der Waals surface area contributed by atoms with Crippen molar-refractivity contribution in [3.63, 3.8) is 0 Å². The third kappa shape index (κ3) is 23.9. The van der Waals surface area contributed by atoms with Crippen LogP contribution in [0.2, 0.25) is 0 Å². The Bertz CT molecular complexity index is 375. The molecule has 0 aliphatic rings. The second-order valence-electron chi connectivity index (χ2n) is 8.81. The predicted octanol–water partition coefficient (Wildman–Crippen LogP) is -0.839. The Kier molecular flexibility index (Phi) is 25.9. The molecule has 0 radical (unpaired) electrons. The first kappa shape index (κ1) is 35.0. The van der Waals surface area contributed by atoms with Gasteiger partial charge < -0.3 is 18.9 Å². The molecule has 0 aliphatic carbocycles. The van der Waals surface area contributed by atoms with Gasteiger partial charge in [-0.25, -0.2) is 0 Å². The molecule has 0 bridgehead atoms. The van der Waals surface area contributed by atoms with Crippen molar-refractivity contribution in [3.05, 3.63) is 0 Å². The van der Waals surface area contributed by atoms with Gasteiger partial charge in [-0.1, -0.05) is 86.5 Å². The van der Waals surface area contributed by atoms with Gasteiger partial charge in [0, 0.05) is 0 Å². The van der Waals surface area contributed by atoms with Gasteiger partial charge in [0.2, 0.25) is 0 Å². The van der Waals surface area contributed by atoms with Gasteiger partial charge in [-0.2, -0.15) is 0 Å². The van der Waals surface area contributed by atoms with Crippen LogP contribution >= 0.6 is 7.82 Å². The maximum Gasteiger partial charge on any atom is 1.00 e. The summed E-state index contributed by atoms with van der Waals surface area (Å²) < 4.78 is 15.5. The average molecular weight is 455 g/mol. The minimum atomic E-state index is -4.88. The van der Waals surface area contributed by atoms with Crippen LogP contribution in [-0.2, 0) is 9.09 Å². The Labute approximate surface area is 254 Å². The molecule has 3 atom stereocenters. The van der Waals surface area contributed by atoms with Crippen LogP contribution in [0.1, 0.15) is 92.9 Å². The van der Waals surface area contributed by atoms with E-state index in [1.807, 2.05) is 0 Å². The third-order valence-electron chi connectivity index (χ3n) is 5.20. The summed E-state index contributed by atoms with van der Waals surface area (Å²) in [6.07, 6.45) is 9.13. The number of hydrogen-bond donors (Lipinski definition) is 0. The number of rotatable bonds is 15. The van der Waals surface area contributed by atoms with Gasteiger partial charge in [0.1, 0.15) is 0 Å². The van der Waals surface area contributed by atoms with E-state index < -0.39 is 7.82 Å². The van der Waals surface area contributed by atoms with E-state index in [1.54, 1.807) is 0 Å². The molecule has 0 aromatic heterocycles. The monoisotopic (exact) mass is 454 g/mol. The van der Waals surface area contributed by atoms with Crippen molar-refractivity contribution in [1.29, 1.82) is 0 Å². The Morgan fingerprint density at radius 2 is 1.22 bits per heavy atom. The van der Waals surface area contributed by atoms with Gasteiger partial charge in [-0.05, 0) is 36.0 Å². The van der Waals surface area contributed by atoms with E-state index in [4.69, 9.17) is 0 Å². The normalized spacial score (nSPS) is 15.2. The van der Waals surface area contributed by atoms with E-state index in [-0.39, 0.29) is 115 Å². The molecule has 0 N–H and O–H groups in total. The molecule has 0 heterocycles. The van der Waals surface area contributed by atoms with Crippen LogP contribution in [0.15, 0.2) is 0 Å². The SMILES string of the molecule is CC(C)CCCC(C)CCC(COP(=O)([O-])[O-])C(C)CCCC(C)C.[K+].[K+]. The molecule has 0 aromatic carbocycles. The quantitative estimate of drug-likeness (QED) is 0.239. The maximum atomic E-state index is 10.9. The van der Waals surface area contributed by atoms with Crippen molar-refractivity contribution in [2.24, 2.45) is 29.6 Å². The van der Waals surface area contributed by atoms with Crippen molar-refractivity contribution < 1.29 is 122 Å². The summed E-state index contributed by atoms with van der Waals surface area (Å²) in [5.74, 6) is 2.60. The summed E-state index contributed by atoms with van der Waals surface area (Å²) in [4.78, 5) is 21.7. The van der Waals surface area contributed by atoms with Crippen LogP contribution in [-0.4, -0.2) is 6.61 Å². The fraction of sp³-hybridized carbons (Fsp3) is 1.00. The molecule has 0 fully saturated rings. The Hall–Kier alpha value is 3.38. The summed E-state index contributed by atoms with van der Waals surface area (Å²) >= 11 is 0. The van der Waals surface area contributed by atoms with Gasteiger partial charge in [0.05, 0.1) is 14.4 Å². The topological polar surface area (TPSA) is 72.4 Å². The van der Waals surface area contributed by atoms with Gasteiger partial charge >= 0.3 is 103 Å². The van der Waals surface area contributed by atoms with Crippen LogP contribution in [0, 0.1) is 29.6 Å². The third-order valence-corrected chi connectivity index (χ3v) is 5.67. The van der Waals surface area contributed by atoms with Gasteiger partial charge in [0.15, 0.2) is 0 Å². The fourth-order valence-corrected chi connectivity index (χ4v) is 3.69. The van der Waals surface area contributed by atoms with Crippen LogP contribution < -0.4 is 113 Å². The van der Waals surface area contributed by atoms with Crippen LogP contribution in [0.25, 0.3) is 0 Å². The first-order valence-electron chi connectivity index (χ1n) is 10.2. The Morgan fingerprint density at radius 3 is 1.67 bits per heavy atom. The predicted molar refractivity (Wildman–Crippen MR) is 102 cm³/mol. The molecule has 0 amide bonds. The minimum absolute atomic E-state index is 0. The average Bonchev–Trinajstić information content (AvgIpc) is 2.45. The zero-order valence-electron chi connectivity index (χ0n) is 19.3. The van der Waals surface area contributed by atoms with E-state index in [9.17, 15) is 14.4 Å². The summed E-state index contributed by atoms with van der Waals surface area (Å²) in [5.41, 5.74) is 0. The zero-order valence-corrected chi connectivity index (χ0v) is 26.5. The van der Waals surface area contributed by atoms with Crippen molar-refractivity contribution in [2.45, 2.75) is 92.9 Å². The number of phosphoric acid groups is 1. The minimum Gasteiger partial charge on any atom is -0.790 e. The van der Waals surface area contributed by atoms with E-state index in [0.29, 0.717) is 17.8 Å². The summed E-state index contributed by atoms with van der Waals surface area (Å²) in [7, 11) is -4.88. The van der Waals surface area contributed by atoms with Crippen molar-refractivity contribution in [3.8, 4) is 0 Å². The largest absolute Gasteiger partial charge is 1.00 e. The smallest absolute Gasteiger partial charge is 0.790 e. The van der Waals surface area contributed by atoms with Crippen LogP contribution in [0.5, 0.6) is 0 Å². The standard InChI is InChI=1S/C20H43O4P.2K/c1-16(2)9-7-11-18(5)13-14-20(15-24-25(21,22)23)19(6)12-8-10-17(3)4;;/h16-20H,7-15H2,1-6H3,(H2,21,22,23);;/q;2*+1/p-2. The zero-order chi connectivity index (χ0) is 19.5. The van der Waals surface area contributed by atoms with E-state index >= 15 is 0 Å². The van der Waals surface area contributed by atoms with Crippen molar-refractivity contribution in [1.82, 2.24) is 0 Å². The molecular formula is C20H41K2O4P. The molecule has 4 nitrogen and oxygen atoms in total. The van der Waals surface area contributed by atoms with E-state index in [1.165, 1.54) is 25.7 Å².